The van der Waals surface area contributed by atoms with Gasteiger partial charge in [-0.25, -0.2) is 6.07 Å². The summed E-state index contributed by atoms with van der Waals surface area (Å²) in [6.07, 6.45) is 5.44. The third-order valence-electron chi connectivity index (χ3n) is 4.33. The minimum absolute atomic E-state index is 0. The Kier molecular flexibility index (Phi) is 12.1. The molecule has 2 aromatic rings. The van der Waals surface area contributed by atoms with E-state index in [2.05, 4.69) is 52.0 Å². The van der Waals surface area contributed by atoms with Gasteiger partial charge in [-0.2, -0.15) is 51.6 Å². The molecule has 0 bridgehead atoms. The number of hydrogen-bond donors (Lipinski definition) is 0. The van der Waals surface area contributed by atoms with Gasteiger partial charge in [0, 0.05) is 0 Å². The maximum atomic E-state index is 2.26. The van der Waals surface area contributed by atoms with E-state index in [9.17, 15) is 0 Å². The van der Waals surface area contributed by atoms with Crippen LogP contribution in [0.15, 0.2) is 24.3 Å². The van der Waals surface area contributed by atoms with E-state index >= 15 is 0 Å². The summed E-state index contributed by atoms with van der Waals surface area (Å²) in [6, 6.07) is 8.93. The van der Waals surface area contributed by atoms with Crippen molar-refractivity contribution in [2.24, 2.45) is 0 Å². The fourth-order valence-electron chi connectivity index (χ4n) is 2.75. The fraction of sp³-hybridized carbons (Fsp3) is 0.444. The average Bonchev–Trinajstić information content (AvgIpc) is 2.92. The molecule has 114 valence electrons. The Hall–Kier alpha value is 0.163. The second-order valence-corrected chi connectivity index (χ2v) is 5.54. The van der Waals surface area contributed by atoms with E-state index < -0.39 is 0 Å². The van der Waals surface area contributed by atoms with Crippen LogP contribution in [0.3, 0.4) is 0 Å². The Labute approximate surface area is 161 Å². The molecular weight excluding hydrogens is 378 g/mol. The van der Waals surface area contributed by atoms with Crippen molar-refractivity contribution in [3.05, 3.63) is 57.6 Å². The molecule has 1 aliphatic rings. The van der Waals surface area contributed by atoms with Crippen molar-refractivity contribution in [3.8, 4) is 0 Å². The number of hydrogen-bond acceptors (Lipinski definition) is 0. The summed E-state index contributed by atoms with van der Waals surface area (Å²) in [5.41, 5.74) is 8.94. The van der Waals surface area contributed by atoms with Crippen LogP contribution in [-0.4, -0.2) is 0 Å². The van der Waals surface area contributed by atoms with Gasteiger partial charge in [0.05, 0.1) is 0 Å². The third-order valence-corrected chi connectivity index (χ3v) is 4.33. The Morgan fingerprint density at radius 2 is 1.67 bits per heavy atom. The standard InChI is InChI=1S/C9H11.C9H13.2ClH.Zr/c1-2-5-9-7-3-6-8(9)4-1;1-6-5-7(2)9(4)8(6)3;;;/h3,6-7H,1-2,4-5H2;5H,1-4H3;2*1H;/q2*-1;;;+4/p-2. The zero-order valence-electron chi connectivity index (χ0n) is 13.4. The minimum atomic E-state index is 0. The van der Waals surface area contributed by atoms with Crippen LogP contribution in [-0.2, 0) is 39.0 Å². The van der Waals surface area contributed by atoms with E-state index in [-0.39, 0.29) is 51.0 Å². The van der Waals surface area contributed by atoms with Crippen molar-refractivity contribution in [1.82, 2.24) is 0 Å². The quantitative estimate of drug-likeness (QED) is 0.493. The molecule has 0 saturated heterocycles. The molecule has 0 saturated carbocycles. The molecule has 0 aliphatic heterocycles. The van der Waals surface area contributed by atoms with Gasteiger partial charge in [-0.1, -0.05) is 53.4 Å². The van der Waals surface area contributed by atoms with Gasteiger partial charge < -0.3 is 24.8 Å². The predicted molar refractivity (Wildman–Crippen MR) is 79.7 cm³/mol. The van der Waals surface area contributed by atoms with Crippen molar-refractivity contribution in [1.29, 1.82) is 0 Å². The molecule has 2 aromatic carbocycles. The zero-order chi connectivity index (χ0) is 13.1. The molecule has 0 nitrogen and oxygen atoms in total. The van der Waals surface area contributed by atoms with Crippen molar-refractivity contribution in [2.75, 3.05) is 0 Å². The molecule has 0 unspecified atom stereocenters. The molecule has 0 spiro atoms. The first kappa shape index (κ1) is 23.4. The topological polar surface area (TPSA) is 0 Å². The number of aryl methyl sites for hydroxylation is 4. The van der Waals surface area contributed by atoms with Crippen molar-refractivity contribution >= 4 is 0 Å². The second kappa shape index (κ2) is 10.8. The van der Waals surface area contributed by atoms with E-state index in [4.69, 9.17) is 0 Å². The van der Waals surface area contributed by atoms with Crippen LogP contribution >= 0.6 is 0 Å². The molecule has 0 N–H and O–H groups in total. The van der Waals surface area contributed by atoms with Gasteiger partial charge in [0.15, 0.2) is 0 Å². The van der Waals surface area contributed by atoms with Gasteiger partial charge >= 0.3 is 26.2 Å². The Morgan fingerprint density at radius 3 is 2.10 bits per heavy atom. The van der Waals surface area contributed by atoms with Crippen LogP contribution in [0.4, 0.5) is 0 Å². The van der Waals surface area contributed by atoms with Gasteiger partial charge in [0.1, 0.15) is 0 Å². The largest absolute Gasteiger partial charge is 4.00 e. The molecule has 3 heteroatoms. The monoisotopic (exact) mass is 400 g/mol. The number of halogens is 2. The SMILES string of the molecule is Cc1c[c-](C)c(C)c1C.[Cl-].[Cl-].[Zr+4].c1cc2c([cH-]1)CCCC2. The minimum Gasteiger partial charge on any atom is -1.00 e. The second-order valence-electron chi connectivity index (χ2n) is 5.54. The summed E-state index contributed by atoms with van der Waals surface area (Å²) in [4.78, 5) is 0. The van der Waals surface area contributed by atoms with Crippen molar-refractivity contribution in [2.45, 2.75) is 53.4 Å². The van der Waals surface area contributed by atoms with Crippen LogP contribution < -0.4 is 24.8 Å². The maximum Gasteiger partial charge on any atom is 4.00 e. The number of rotatable bonds is 0. The van der Waals surface area contributed by atoms with Crippen LogP contribution in [0.1, 0.15) is 46.2 Å². The third kappa shape index (κ3) is 6.05. The molecule has 1 aliphatic carbocycles. The molecule has 0 aromatic heterocycles. The zero-order valence-corrected chi connectivity index (χ0v) is 17.4. The first-order valence-electron chi connectivity index (χ1n) is 7.03. The first-order chi connectivity index (χ1) is 8.59. The van der Waals surface area contributed by atoms with E-state index in [1.807, 2.05) is 0 Å². The van der Waals surface area contributed by atoms with Gasteiger partial charge in [-0.05, 0) is 0 Å². The molecule has 21 heavy (non-hydrogen) atoms. The Morgan fingerprint density at radius 1 is 1.05 bits per heavy atom. The summed E-state index contributed by atoms with van der Waals surface area (Å²) in [6.45, 7) is 8.68. The molecule has 0 heterocycles. The van der Waals surface area contributed by atoms with E-state index in [1.165, 1.54) is 47.9 Å². The van der Waals surface area contributed by atoms with Crippen LogP contribution in [0, 0.1) is 27.7 Å². The van der Waals surface area contributed by atoms with Crippen molar-refractivity contribution in [3.63, 3.8) is 0 Å². The van der Waals surface area contributed by atoms with Crippen LogP contribution in [0.25, 0.3) is 0 Å². The van der Waals surface area contributed by atoms with Gasteiger partial charge in [-0.3, -0.25) is 0 Å². The summed E-state index contributed by atoms with van der Waals surface area (Å²) in [7, 11) is 0. The first-order valence-corrected chi connectivity index (χ1v) is 7.03. The maximum absolute atomic E-state index is 2.26. The predicted octanol–water partition coefficient (Wildman–Crippen LogP) is -1.07. The summed E-state index contributed by atoms with van der Waals surface area (Å²) >= 11 is 0. The van der Waals surface area contributed by atoms with E-state index in [0.717, 1.165) is 0 Å². The van der Waals surface area contributed by atoms with Gasteiger partial charge in [-0.15, -0.1) is 0 Å². The Bertz CT molecular complexity index is 480. The molecule has 0 atom stereocenters. The van der Waals surface area contributed by atoms with Crippen LogP contribution in [0.2, 0.25) is 0 Å². The summed E-state index contributed by atoms with van der Waals surface area (Å²) in [5.74, 6) is 0. The molecule has 0 fully saturated rings. The van der Waals surface area contributed by atoms with E-state index in [0.29, 0.717) is 0 Å². The number of fused-ring (bicyclic) bond motifs is 1. The molecule has 0 radical (unpaired) electrons. The summed E-state index contributed by atoms with van der Waals surface area (Å²) < 4.78 is 0. The van der Waals surface area contributed by atoms with Gasteiger partial charge in [0.2, 0.25) is 0 Å². The Balaban J connectivity index is 0. The van der Waals surface area contributed by atoms with E-state index in [1.54, 1.807) is 11.1 Å². The van der Waals surface area contributed by atoms with Crippen LogP contribution in [0.5, 0.6) is 0 Å². The molecular formula is C18H24Cl2Zr. The fourth-order valence-corrected chi connectivity index (χ4v) is 2.75. The average molecular weight is 403 g/mol. The van der Waals surface area contributed by atoms with Gasteiger partial charge in [0.25, 0.3) is 0 Å². The summed E-state index contributed by atoms with van der Waals surface area (Å²) in [5, 5.41) is 0. The van der Waals surface area contributed by atoms with Crippen molar-refractivity contribution < 1.29 is 51.0 Å². The molecule has 3 rings (SSSR count). The normalized spacial score (nSPS) is 11.8. The smallest absolute Gasteiger partial charge is 1.00 e. The molecule has 0 amide bonds.